The Morgan fingerprint density at radius 2 is 1.44 bits per heavy atom. The van der Waals surface area contributed by atoms with Crippen LogP contribution >= 0.6 is 0 Å². The van der Waals surface area contributed by atoms with Crippen LogP contribution in [0, 0.1) is 42.1 Å². The molecule has 1 fully saturated rings. The fraction of sp³-hybridized carbons (Fsp3) is 0.389. The third-order valence-corrected chi connectivity index (χ3v) is 9.11. The summed E-state index contributed by atoms with van der Waals surface area (Å²) in [5.41, 5.74) is 4.56. The number of halogens is 3. The maximum atomic E-state index is 15.3. The number of hydrogen-bond donors (Lipinski definition) is 0. The highest BCUT2D eigenvalue weighted by Crippen LogP contribution is 2.42. The molecule has 39 heavy (non-hydrogen) atoms. The predicted octanol–water partition coefficient (Wildman–Crippen LogP) is 11.1. The molecule has 0 saturated heterocycles. The maximum absolute atomic E-state index is 15.3. The van der Waals surface area contributed by atoms with Crippen molar-refractivity contribution in [1.29, 1.82) is 0 Å². The lowest BCUT2D eigenvalue weighted by molar-refractivity contribution is 0.190. The van der Waals surface area contributed by atoms with Gasteiger partial charge in [0.15, 0.2) is 11.6 Å². The zero-order valence-corrected chi connectivity index (χ0v) is 23.2. The van der Waals surface area contributed by atoms with Crippen molar-refractivity contribution in [3.05, 3.63) is 101 Å². The number of aryl methyl sites for hydroxylation is 1. The summed E-state index contributed by atoms with van der Waals surface area (Å²) < 4.78 is 43.7. The molecular formula is C36H39F3. The van der Waals surface area contributed by atoms with E-state index in [-0.39, 0.29) is 16.9 Å². The molecule has 0 aromatic heterocycles. The molecule has 0 bridgehead atoms. The smallest absolute Gasteiger partial charge is 0.166 e. The third kappa shape index (κ3) is 6.24. The Hall–Kier alpha value is -3.07. The van der Waals surface area contributed by atoms with Gasteiger partial charge in [0.1, 0.15) is 5.82 Å². The van der Waals surface area contributed by atoms with E-state index in [1.807, 2.05) is 24.3 Å². The largest absolute Gasteiger partial charge is 0.206 e. The van der Waals surface area contributed by atoms with E-state index in [4.69, 9.17) is 0 Å². The molecule has 3 aromatic carbocycles. The molecule has 2 aliphatic carbocycles. The van der Waals surface area contributed by atoms with Gasteiger partial charge in [-0.15, -0.1) is 0 Å². The summed E-state index contributed by atoms with van der Waals surface area (Å²) in [6, 6.07) is 15.8. The average molecular weight is 529 g/mol. The normalized spacial score (nSPS) is 21.8. The highest BCUT2D eigenvalue weighted by molar-refractivity contribution is 5.74. The standard InChI is InChI=1S/C36H39F3/c1-3-4-5-6-25-8-10-26(11-9-25)27-12-16-29(17-13-27)32-22-20-31(23-34(32)37)28-14-18-30(19-15-28)33-21-7-24(2)35(38)36(33)39/h3-4,7,14-16,18-23,25-27H,5-6,8-13,17H2,1-2H3/b4-3+. The van der Waals surface area contributed by atoms with Gasteiger partial charge in [-0.25, -0.2) is 13.2 Å². The first-order valence-electron chi connectivity index (χ1n) is 14.6. The molecule has 0 heterocycles. The van der Waals surface area contributed by atoms with Crippen molar-refractivity contribution < 1.29 is 13.2 Å². The fourth-order valence-electron chi connectivity index (χ4n) is 6.64. The fourth-order valence-corrected chi connectivity index (χ4v) is 6.64. The molecule has 0 nitrogen and oxygen atoms in total. The average Bonchev–Trinajstić information content (AvgIpc) is 2.97. The minimum Gasteiger partial charge on any atom is -0.206 e. The highest BCUT2D eigenvalue weighted by Gasteiger charge is 2.29. The summed E-state index contributed by atoms with van der Waals surface area (Å²) in [7, 11) is 0. The molecule has 5 rings (SSSR count). The molecule has 1 atom stereocenters. The van der Waals surface area contributed by atoms with Crippen LogP contribution in [0.15, 0.2) is 72.8 Å². The van der Waals surface area contributed by atoms with Gasteiger partial charge in [0.2, 0.25) is 0 Å². The van der Waals surface area contributed by atoms with Crippen LogP contribution in [0.2, 0.25) is 0 Å². The Labute approximate surface area is 231 Å². The van der Waals surface area contributed by atoms with Gasteiger partial charge in [0.25, 0.3) is 0 Å². The van der Waals surface area contributed by atoms with Crippen LogP contribution in [0.5, 0.6) is 0 Å². The quantitative estimate of drug-likeness (QED) is 0.268. The van der Waals surface area contributed by atoms with Crippen LogP contribution in [-0.2, 0) is 0 Å². The van der Waals surface area contributed by atoms with Gasteiger partial charge in [-0.05, 0) is 110 Å². The first-order valence-corrected chi connectivity index (χ1v) is 14.6. The van der Waals surface area contributed by atoms with Crippen molar-refractivity contribution in [2.24, 2.45) is 17.8 Å². The Morgan fingerprint density at radius 1 is 0.744 bits per heavy atom. The first-order chi connectivity index (χ1) is 18.9. The zero-order chi connectivity index (χ0) is 27.4. The lowest BCUT2D eigenvalue weighted by atomic mass is 9.70. The lowest BCUT2D eigenvalue weighted by Crippen LogP contribution is -2.23. The van der Waals surface area contributed by atoms with E-state index in [1.165, 1.54) is 38.5 Å². The van der Waals surface area contributed by atoms with E-state index < -0.39 is 11.6 Å². The molecule has 1 unspecified atom stereocenters. The molecular weight excluding hydrogens is 489 g/mol. The Balaban J connectivity index is 1.22. The lowest BCUT2D eigenvalue weighted by Gasteiger charge is -2.35. The minimum atomic E-state index is -0.839. The van der Waals surface area contributed by atoms with Gasteiger partial charge < -0.3 is 0 Å². The zero-order valence-electron chi connectivity index (χ0n) is 23.2. The molecule has 1 saturated carbocycles. The minimum absolute atomic E-state index is 0.199. The summed E-state index contributed by atoms with van der Waals surface area (Å²) in [4.78, 5) is 0. The molecule has 0 N–H and O–H groups in total. The van der Waals surface area contributed by atoms with Gasteiger partial charge in [-0.2, -0.15) is 0 Å². The number of rotatable bonds is 7. The predicted molar refractivity (Wildman–Crippen MR) is 157 cm³/mol. The van der Waals surface area contributed by atoms with E-state index >= 15 is 4.39 Å². The van der Waals surface area contributed by atoms with Crippen molar-refractivity contribution in [3.63, 3.8) is 0 Å². The molecule has 3 aromatic rings. The summed E-state index contributed by atoms with van der Waals surface area (Å²) >= 11 is 0. The van der Waals surface area contributed by atoms with Crippen LogP contribution in [-0.4, -0.2) is 0 Å². The molecule has 3 heteroatoms. The first kappa shape index (κ1) is 27.5. The van der Waals surface area contributed by atoms with E-state index in [2.05, 4.69) is 25.2 Å². The molecule has 0 aliphatic heterocycles. The molecule has 0 radical (unpaired) electrons. The summed E-state index contributed by atoms with van der Waals surface area (Å²) in [5, 5.41) is 0. The maximum Gasteiger partial charge on any atom is 0.166 e. The van der Waals surface area contributed by atoms with Crippen molar-refractivity contribution in [2.45, 2.75) is 71.6 Å². The van der Waals surface area contributed by atoms with E-state index in [9.17, 15) is 8.78 Å². The SMILES string of the molecule is C/C=C/CCC1CCC(C2CC=C(c3ccc(-c4ccc(-c5ccc(C)c(F)c5F)cc4)cc3F)CC2)CC1. The van der Waals surface area contributed by atoms with Crippen LogP contribution in [0.1, 0.15) is 75.8 Å². The van der Waals surface area contributed by atoms with Gasteiger partial charge >= 0.3 is 0 Å². The number of hydrogen-bond acceptors (Lipinski definition) is 0. The Bertz CT molecular complexity index is 1340. The van der Waals surface area contributed by atoms with Crippen molar-refractivity contribution >= 4 is 5.57 Å². The Kier molecular flexibility index (Phi) is 8.75. The third-order valence-electron chi connectivity index (χ3n) is 9.11. The number of benzene rings is 3. The second-order valence-electron chi connectivity index (χ2n) is 11.5. The summed E-state index contributed by atoms with van der Waals surface area (Å²) in [6.45, 7) is 3.65. The molecule has 204 valence electrons. The monoisotopic (exact) mass is 528 g/mol. The van der Waals surface area contributed by atoms with Gasteiger partial charge in [-0.3, -0.25) is 0 Å². The summed E-state index contributed by atoms with van der Waals surface area (Å²) in [5.74, 6) is 0.588. The second-order valence-corrected chi connectivity index (χ2v) is 11.5. The topological polar surface area (TPSA) is 0 Å². The van der Waals surface area contributed by atoms with Gasteiger partial charge in [0.05, 0.1) is 0 Å². The van der Waals surface area contributed by atoms with Crippen molar-refractivity contribution in [2.75, 3.05) is 0 Å². The summed E-state index contributed by atoms with van der Waals surface area (Å²) in [6.07, 6.45) is 17.9. The van der Waals surface area contributed by atoms with Crippen molar-refractivity contribution in [1.82, 2.24) is 0 Å². The molecule has 0 amide bonds. The van der Waals surface area contributed by atoms with Crippen LogP contribution in [0.3, 0.4) is 0 Å². The van der Waals surface area contributed by atoms with Gasteiger partial charge in [0, 0.05) is 11.1 Å². The van der Waals surface area contributed by atoms with Gasteiger partial charge in [-0.1, -0.05) is 79.6 Å². The second kappa shape index (κ2) is 12.4. The van der Waals surface area contributed by atoms with Crippen LogP contribution in [0.4, 0.5) is 13.2 Å². The van der Waals surface area contributed by atoms with E-state index in [0.29, 0.717) is 11.1 Å². The van der Waals surface area contributed by atoms with E-state index in [0.717, 1.165) is 53.7 Å². The van der Waals surface area contributed by atoms with Crippen LogP contribution in [0.25, 0.3) is 27.8 Å². The van der Waals surface area contributed by atoms with Crippen molar-refractivity contribution in [3.8, 4) is 22.3 Å². The molecule has 2 aliphatic rings. The highest BCUT2D eigenvalue weighted by atomic mass is 19.2. The van der Waals surface area contributed by atoms with E-state index in [1.54, 1.807) is 37.3 Å². The Morgan fingerprint density at radius 3 is 2.10 bits per heavy atom. The van der Waals surface area contributed by atoms with Crippen LogP contribution < -0.4 is 0 Å². The molecule has 0 spiro atoms. The number of allylic oxidation sites excluding steroid dienone is 4.